The van der Waals surface area contributed by atoms with E-state index in [0.717, 1.165) is 12.7 Å². The number of carbonyl (C=O) groups excluding carboxylic acids is 2. The van der Waals surface area contributed by atoms with Gasteiger partial charge in [-0.2, -0.15) is 0 Å². The summed E-state index contributed by atoms with van der Waals surface area (Å²) in [5.74, 6) is -0.935. The number of nitrogens with zero attached hydrogens (tertiary/aromatic N) is 2. The number of amides is 2. The van der Waals surface area contributed by atoms with E-state index in [1.54, 1.807) is 49.4 Å². The Bertz CT molecular complexity index is 1050. The van der Waals surface area contributed by atoms with Crippen LogP contribution in [-0.2, 0) is 26.2 Å². The molecule has 0 radical (unpaired) electrons. The fourth-order valence-electron chi connectivity index (χ4n) is 3.43. The van der Waals surface area contributed by atoms with E-state index >= 15 is 0 Å². The first-order chi connectivity index (χ1) is 16.0. The number of hydrogen-bond acceptors (Lipinski definition) is 4. The zero-order chi connectivity index (χ0) is 25.3. The number of rotatable bonds is 12. The third-order valence-electron chi connectivity index (χ3n) is 5.63. The Labute approximate surface area is 202 Å². The average molecular weight is 492 g/mol. The van der Waals surface area contributed by atoms with Crippen molar-refractivity contribution in [2.75, 3.05) is 17.1 Å². The lowest BCUT2D eigenvalue weighted by atomic mass is 10.1. The molecule has 0 aliphatic heterocycles. The minimum absolute atomic E-state index is 0.0353. The van der Waals surface area contributed by atoms with Crippen molar-refractivity contribution < 1.29 is 22.4 Å². The van der Waals surface area contributed by atoms with Crippen molar-refractivity contribution in [3.05, 3.63) is 66.0 Å². The van der Waals surface area contributed by atoms with Gasteiger partial charge in [-0.05, 0) is 56.5 Å². The molecule has 0 aromatic heterocycles. The molecule has 34 heavy (non-hydrogen) atoms. The maximum atomic E-state index is 13.3. The van der Waals surface area contributed by atoms with Crippen LogP contribution in [0.2, 0.25) is 0 Å². The molecule has 0 spiro atoms. The van der Waals surface area contributed by atoms with Gasteiger partial charge in [0.05, 0.1) is 11.9 Å². The molecular weight excluding hydrogens is 457 g/mol. The molecule has 186 valence electrons. The maximum Gasteiger partial charge on any atom is 0.242 e. The second-order valence-electron chi connectivity index (χ2n) is 8.42. The third kappa shape index (κ3) is 8.13. The number of anilines is 1. The molecule has 7 nitrogen and oxygen atoms in total. The standard InChI is InChI=1S/C25H34FN3O4S/c1-5-19(2)27-25(31)20(3)28(18-21-13-15-22(26)16-14-21)24(30)12-9-17-29(34(4,32)33)23-10-7-6-8-11-23/h6-8,10-11,13-16,19-20H,5,9,12,17-18H2,1-4H3,(H,27,31)/t19-,20+/m0/s1. The molecule has 2 aromatic carbocycles. The summed E-state index contributed by atoms with van der Waals surface area (Å²) in [5.41, 5.74) is 1.22. The van der Waals surface area contributed by atoms with E-state index in [1.807, 2.05) is 13.8 Å². The van der Waals surface area contributed by atoms with E-state index in [4.69, 9.17) is 0 Å². The highest BCUT2D eigenvalue weighted by Crippen LogP contribution is 2.19. The van der Waals surface area contributed by atoms with Crippen molar-refractivity contribution >= 4 is 27.5 Å². The van der Waals surface area contributed by atoms with E-state index in [0.29, 0.717) is 11.3 Å². The van der Waals surface area contributed by atoms with Crippen molar-refractivity contribution in [1.29, 1.82) is 0 Å². The van der Waals surface area contributed by atoms with Crippen molar-refractivity contribution in [1.82, 2.24) is 10.2 Å². The van der Waals surface area contributed by atoms with E-state index in [2.05, 4.69) is 5.32 Å². The number of sulfonamides is 1. The van der Waals surface area contributed by atoms with Gasteiger partial charge >= 0.3 is 0 Å². The lowest BCUT2D eigenvalue weighted by Crippen LogP contribution is -2.49. The van der Waals surface area contributed by atoms with Gasteiger partial charge < -0.3 is 10.2 Å². The topological polar surface area (TPSA) is 86.8 Å². The minimum Gasteiger partial charge on any atom is -0.352 e. The highest BCUT2D eigenvalue weighted by molar-refractivity contribution is 7.92. The molecule has 0 aliphatic carbocycles. The highest BCUT2D eigenvalue weighted by Gasteiger charge is 2.27. The van der Waals surface area contributed by atoms with Gasteiger partial charge in [-0.25, -0.2) is 12.8 Å². The van der Waals surface area contributed by atoms with Crippen LogP contribution < -0.4 is 9.62 Å². The minimum atomic E-state index is -3.53. The largest absolute Gasteiger partial charge is 0.352 e. The Morgan fingerprint density at radius 2 is 1.65 bits per heavy atom. The molecule has 2 amide bonds. The second-order valence-corrected chi connectivity index (χ2v) is 10.3. The average Bonchev–Trinajstić information content (AvgIpc) is 2.80. The van der Waals surface area contributed by atoms with E-state index in [-0.39, 0.29) is 49.6 Å². The van der Waals surface area contributed by atoms with Crippen molar-refractivity contribution in [3.63, 3.8) is 0 Å². The third-order valence-corrected chi connectivity index (χ3v) is 6.82. The maximum absolute atomic E-state index is 13.3. The van der Waals surface area contributed by atoms with Crippen LogP contribution in [-0.4, -0.2) is 50.0 Å². The van der Waals surface area contributed by atoms with Crippen LogP contribution in [0.15, 0.2) is 54.6 Å². The number of hydrogen-bond donors (Lipinski definition) is 1. The van der Waals surface area contributed by atoms with Crippen LogP contribution in [0.4, 0.5) is 10.1 Å². The summed E-state index contributed by atoms with van der Waals surface area (Å²) >= 11 is 0. The molecule has 0 aliphatic rings. The van der Waals surface area contributed by atoms with Crippen LogP contribution >= 0.6 is 0 Å². The van der Waals surface area contributed by atoms with Gasteiger partial charge in [0.25, 0.3) is 0 Å². The summed E-state index contributed by atoms with van der Waals surface area (Å²) in [7, 11) is -3.53. The van der Waals surface area contributed by atoms with Gasteiger partial charge in [0.15, 0.2) is 0 Å². The highest BCUT2D eigenvalue weighted by atomic mass is 32.2. The quantitative estimate of drug-likeness (QED) is 0.491. The predicted octanol–water partition coefficient (Wildman–Crippen LogP) is 3.70. The zero-order valence-electron chi connectivity index (χ0n) is 20.2. The molecule has 2 aromatic rings. The summed E-state index contributed by atoms with van der Waals surface area (Å²) < 4.78 is 39.2. The zero-order valence-corrected chi connectivity index (χ0v) is 21.0. The Kier molecular flexibility index (Phi) is 10.0. The van der Waals surface area contributed by atoms with Gasteiger partial charge in [0, 0.05) is 25.6 Å². The van der Waals surface area contributed by atoms with Gasteiger partial charge in [-0.15, -0.1) is 0 Å². The van der Waals surface area contributed by atoms with E-state index in [9.17, 15) is 22.4 Å². The summed E-state index contributed by atoms with van der Waals surface area (Å²) in [4.78, 5) is 27.4. The van der Waals surface area contributed by atoms with Crippen molar-refractivity contribution in [2.45, 2.75) is 58.7 Å². The molecule has 0 heterocycles. The van der Waals surface area contributed by atoms with Crippen molar-refractivity contribution in [2.24, 2.45) is 0 Å². The first-order valence-electron chi connectivity index (χ1n) is 11.4. The molecule has 0 bridgehead atoms. The molecule has 2 rings (SSSR count). The van der Waals surface area contributed by atoms with Crippen LogP contribution in [0.1, 0.15) is 45.6 Å². The van der Waals surface area contributed by atoms with Gasteiger partial charge in [-0.3, -0.25) is 13.9 Å². The molecule has 0 unspecified atom stereocenters. The fourth-order valence-corrected chi connectivity index (χ4v) is 4.40. The van der Waals surface area contributed by atoms with Crippen LogP contribution in [0.3, 0.4) is 0 Å². The Balaban J connectivity index is 2.14. The molecule has 0 fully saturated rings. The lowest BCUT2D eigenvalue weighted by molar-refractivity contribution is -0.140. The molecule has 9 heteroatoms. The van der Waals surface area contributed by atoms with E-state index in [1.165, 1.54) is 21.3 Å². The normalized spacial score (nSPS) is 13.1. The number of halogens is 1. The van der Waals surface area contributed by atoms with Crippen molar-refractivity contribution in [3.8, 4) is 0 Å². The fraction of sp³-hybridized carbons (Fsp3) is 0.440. The molecule has 1 N–H and O–H groups in total. The number of para-hydroxylation sites is 1. The first-order valence-corrected chi connectivity index (χ1v) is 13.2. The van der Waals surface area contributed by atoms with Gasteiger partial charge in [0.2, 0.25) is 21.8 Å². The summed E-state index contributed by atoms with van der Waals surface area (Å²) in [5, 5.41) is 2.89. The van der Waals surface area contributed by atoms with Gasteiger partial charge in [-0.1, -0.05) is 37.3 Å². The first kappa shape index (κ1) is 27.3. The predicted molar refractivity (Wildman–Crippen MR) is 132 cm³/mol. The molecule has 2 atom stereocenters. The molecule has 0 saturated heterocycles. The van der Waals surface area contributed by atoms with Crippen LogP contribution in [0.5, 0.6) is 0 Å². The second kappa shape index (κ2) is 12.5. The number of carbonyl (C=O) groups is 2. The monoisotopic (exact) mass is 491 g/mol. The Morgan fingerprint density at radius 3 is 2.21 bits per heavy atom. The Hall–Kier alpha value is -2.94. The van der Waals surface area contributed by atoms with Crippen LogP contribution in [0, 0.1) is 5.82 Å². The summed E-state index contributed by atoms with van der Waals surface area (Å²) in [6.07, 6.45) is 2.22. The number of benzene rings is 2. The summed E-state index contributed by atoms with van der Waals surface area (Å²) in [6, 6.07) is 13.7. The van der Waals surface area contributed by atoms with E-state index < -0.39 is 16.1 Å². The van der Waals surface area contributed by atoms with Crippen LogP contribution in [0.25, 0.3) is 0 Å². The SMILES string of the molecule is CC[C@H](C)NC(=O)[C@@H](C)N(Cc1ccc(F)cc1)C(=O)CCCN(c1ccccc1)S(C)(=O)=O. The smallest absolute Gasteiger partial charge is 0.242 e. The molecule has 0 saturated carbocycles. The lowest BCUT2D eigenvalue weighted by Gasteiger charge is -2.30. The van der Waals surface area contributed by atoms with Gasteiger partial charge in [0.1, 0.15) is 11.9 Å². The molecular formula is C25H34FN3O4S. The summed E-state index contributed by atoms with van der Waals surface area (Å²) in [6.45, 7) is 5.78. The number of nitrogens with one attached hydrogen (secondary N) is 1. The Morgan fingerprint density at radius 1 is 1.03 bits per heavy atom.